The number of aromatic nitrogens is 2. The van der Waals surface area contributed by atoms with Crippen molar-refractivity contribution in [2.75, 3.05) is 20.6 Å². The maximum Gasteiger partial charge on any atom is 0.251 e. The summed E-state index contributed by atoms with van der Waals surface area (Å²) in [5, 5.41) is 2.63. The van der Waals surface area contributed by atoms with Crippen LogP contribution in [0.25, 0.3) is 21.8 Å². The fraction of sp³-hybridized carbons (Fsp3) is 0.429. The Labute approximate surface area is 158 Å². The van der Waals surface area contributed by atoms with Gasteiger partial charge in [0.05, 0.1) is 11.0 Å². The summed E-state index contributed by atoms with van der Waals surface area (Å²) < 4.78 is 2.00. The normalized spacial score (nSPS) is 20.9. The lowest BCUT2D eigenvalue weighted by atomic mass is 9.85. The number of hydrogen-bond donors (Lipinski definition) is 0. The number of benzene rings is 1. The van der Waals surface area contributed by atoms with Crippen molar-refractivity contribution in [3.8, 4) is 0 Å². The molecular formula is C21H24ClN3O. The van der Waals surface area contributed by atoms with E-state index in [1.807, 2.05) is 35.0 Å². The van der Waals surface area contributed by atoms with Crippen LogP contribution in [0.2, 0.25) is 5.02 Å². The smallest absolute Gasteiger partial charge is 0.251 e. The van der Waals surface area contributed by atoms with Gasteiger partial charge in [0.1, 0.15) is 0 Å². The third kappa shape index (κ3) is 3.24. The average Bonchev–Trinajstić information content (AvgIpc) is 2.62. The molecular weight excluding hydrogens is 346 g/mol. The second-order valence-electron chi connectivity index (χ2n) is 7.70. The standard InChI is InChI=1S/C21H24ClN3O/c1-24(2)13-14-3-7-17(8-4-14)25-20(26)10-5-15-12-23-19-9-6-16(22)11-18(19)21(15)25/h5-6,9-12,14,17H,3-4,7-8,13H2,1-2H3/t14-,17-. The topological polar surface area (TPSA) is 38.1 Å². The number of rotatable bonds is 3. The number of halogens is 1. The molecule has 2 heterocycles. The number of nitrogens with zero attached hydrogens (tertiary/aromatic N) is 3. The van der Waals surface area contributed by atoms with Crippen LogP contribution in [0.15, 0.2) is 41.3 Å². The molecule has 26 heavy (non-hydrogen) atoms. The lowest BCUT2D eigenvalue weighted by Crippen LogP contribution is -2.31. The number of fused-ring (bicyclic) bond motifs is 3. The minimum atomic E-state index is 0.0704. The van der Waals surface area contributed by atoms with Gasteiger partial charge in [-0.3, -0.25) is 9.78 Å². The van der Waals surface area contributed by atoms with Crippen LogP contribution in [-0.2, 0) is 0 Å². The van der Waals surface area contributed by atoms with Gasteiger partial charge < -0.3 is 9.47 Å². The quantitative estimate of drug-likeness (QED) is 0.638. The SMILES string of the molecule is CN(C)C[C@H]1CC[C@H](n2c(=O)ccc3cnc4ccc(Cl)cc4c32)CC1. The minimum Gasteiger partial charge on any atom is -0.309 e. The van der Waals surface area contributed by atoms with Gasteiger partial charge in [-0.05, 0) is 70.0 Å². The molecule has 0 amide bonds. The van der Waals surface area contributed by atoms with Gasteiger partial charge in [-0.25, -0.2) is 0 Å². The van der Waals surface area contributed by atoms with Crippen LogP contribution in [0.5, 0.6) is 0 Å². The van der Waals surface area contributed by atoms with Gasteiger partial charge in [-0.1, -0.05) is 11.6 Å². The zero-order valence-corrected chi connectivity index (χ0v) is 16.0. The highest BCUT2D eigenvalue weighted by atomic mass is 35.5. The second-order valence-corrected chi connectivity index (χ2v) is 8.14. The molecule has 0 spiro atoms. The molecule has 1 aromatic carbocycles. The van der Waals surface area contributed by atoms with Crippen LogP contribution >= 0.6 is 11.6 Å². The highest BCUT2D eigenvalue weighted by molar-refractivity contribution is 6.31. The van der Waals surface area contributed by atoms with Crippen LogP contribution in [0.3, 0.4) is 0 Å². The summed E-state index contributed by atoms with van der Waals surface area (Å²) in [5.41, 5.74) is 1.92. The fourth-order valence-corrected chi connectivity index (χ4v) is 4.55. The molecule has 4 rings (SSSR count). The van der Waals surface area contributed by atoms with E-state index in [1.54, 1.807) is 6.07 Å². The van der Waals surface area contributed by atoms with E-state index in [0.717, 1.165) is 60.0 Å². The third-order valence-corrected chi connectivity index (χ3v) is 5.75. The molecule has 136 valence electrons. The molecule has 0 N–H and O–H groups in total. The monoisotopic (exact) mass is 369 g/mol. The largest absolute Gasteiger partial charge is 0.309 e. The van der Waals surface area contributed by atoms with E-state index in [1.165, 1.54) is 0 Å². The molecule has 1 fully saturated rings. The molecule has 0 radical (unpaired) electrons. The van der Waals surface area contributed by atoms with Crippen LogP contribution in [0.4, 0.5) is 0 Å². The van der Waals surface area contributed by atoms with Gasteiger partial charge in [-0.2, -0.15) is 0 Å². The Morgan fingerprint density at radius 1 is 1.15 bits per heavy atom. The molecule has 1 aliphatic carbocycles. The lowest BCUT2D eigenvalue weighted by Gasteiger charge is -2.32. The Morgan fingerprint density at radius 3 is 2.65 bits per heavy atom. The minimum absolute atomic E-state index is 0.0704. The Hall–Kier alpha value is -1.91. The van der Waals surface area contributed by atoms with Crippen molar-refractivity contribution in [1.29, 1.82) is 0 Å². The predicted octanol–water partition coefficient (Wildman–Crippen LogP) is 4.50. The summed E-state index contributed by atoms with van der Waals surface area (Å²) in [5.74, 6) is 0.722. The Bertz CT molecular complexity index is 1000. The molecule has 1 saturated carbocycles. The molecule has 0 unspecified atom stereocenters. The maximum atomic E-state index is 12.8. The van der Waals surface area contributed by atoms with Crippen molar-refractivity contribution in [3.63, 3.8) is 0 Å². The first-order valence-corrected chi connectivity index (χ1v) is 9.65. The van der Waals surface area contributed by atoms with Crippen LogP contribution in [0, 0.1) is 5.92 Å². The summed E-state index contributed by atoms with van der Waals surface area (Å²) in [4.78, 5) is 19.6. The number of pyridine rings is 2. The van der Waals surface area contributed by atoms with Crippen LogP contribution < -0.4 is 5.56 Å². The first-order valence-electron chi connectivity index (χ1n) is 9.27. The van der Waals surface area contributed by atoms with Gasteiger partial charge in [0, 0.05) is 40.6 Å². The van der Waals surface area contributed by atoms with Crippen LogP contribution in [0.1, 0.15) is 31.7 Å². The molecule has 1 aliphatic rings. The molecule has 0 saturated heterocycles. The van der Waals surface area contributed by atoms with Gasteiger partial charge in [0.25, 0.3) is 5.56 Å². The zero-order valence-electron chi connectivity index (χ0n) is 15.3. The average molecular weight is 370 g/mol. The Kier molecular flexibility index (Phi) is 4.72. The van der Waals surface area contributed by atoms with E-state index in [9.17, 15) is 4.79 Å². The van der Waals surface area contributed by atoms with Gasteiger partial charge >= 0.3 is 0 Å². The van der Waals surface area contributed by atoms with E-state index in [2.05, 4.69) is 24.0 Å². The van der Waals surface area contributed by atoms with E-state index < -0.39 is 0 Å². The van der Waals surface area contributed by atoms with E-state index in [0.29, 0.717) is 5.02 Å². The van der Waals surface area contributed by atoms with Gasteiger partial charge in [0.2, 0.25) is 0 Å². The Morgan fingerprint density at radius 2 is 1.92 bits per heavy atom. The molecule has 3 aromatic rings. The highest BCUT2D eigenvalue weighted by Crippen LogP contribution is 2.35. The first-order chi connectivity index (χ1) is 12.5. The van der Waals surface area contributed by atoms with Gasteiger partial charge in [0.15, 0.2) is 0 Å². The Balaban J connectivity index is 1.81. The molecule has 4 nitrogen and oxygen atoms in total. The second kappa shape index (κ2) is 7.01. The molecule has 0 atom stereocenters. The van der Waals surface area contributed by atoms with E-state index in [4.69, 9.17) is 11.6 Å². The van der Waals surface area contributed by atoms with Crippen molar-refractivity contribution >= 4 is 33.4 Å². The third-order valence-electron chi connectivity index (χ3n) is 5.52. The van der Waals surface area contributed by atoms with Crippen molar-refractivity contribution < 1.29 is 0 Å². The molecule has 5 heteroatoms. The van der Waals surface area contributed by atoms with E-state index in [-0.39, 0.29) is 11.6 Å². The van der Waals surface area contributed by atoms with Gasteiger partial charge in [-0.15, -0.1) is 0 Å². The fourth-order valence-electron chi connectivity index (χ4n) is 4.37. The molecule has 2 aromatic heterocycles. The highest BCUT2D eigenvalue weighted by Gasteiger charge is 2.25. The molecule has 0 bridgehead atoms. The summed E-state index contributed by atoms with van der Waals surface area (Å²) in [6.07, 6.45) is 6.27. The summed E-state index contributed by atoms with van der Waals surface area (Å²) in [6.45, 7) is 1.12. The maximum absolute atomic E-state index is 12.8. The van der Waals surface area contributed by atoms with Crippen molar-refractivity contribution in [2.24, 2.45) is 5.92 Å². The van der Waals surface area contributed by atoms with Crippen molar-refractivity contribution in [3.05, 3.63) is 51.9 Å². The summed E-state index contributed by atoms with van der Waals surface area (Å²) >= 11 is 6.24. The van der Waals surface area contributed by atoms with Crippen LogP contribution in [-0.4, -0.2) is 35.1 Å². The molecule has 0 aliphatic heterocycles. The lowest BCUT2D eigenvalue weighted by molar-refractivity contribution is 0.224. The summed E-state index contributed by atoms with van der Waals surface area (Å²) in [6, 6.07) is 9.49. The van der Waals surface area contributed by atoms with Crippen molar-refractivity contribution in [2.45, 2.75) is 31.7 Å². The summed E-state index contributed by atoms with van der Waals surface area (Å²) in [7, 11) is 4.26. The van der Waals surface area contributed by atoms with Crippen molar-refractivity contribution in [1.82, 2.24) is 14.5 Å². The predicted molar refractivity (Wildman–Crippen MR) is 108 cm³/mol. The van der Waals surface area contributed by atoms with E-state index >= 15 is 0 Å². The zero-order chi connectivity index (χ0) is 18.3. The first kappa shape index (κ1) is 17.5. The number of hydrogen-bond acceptors (Lipinski definition) is 3.